The Morgan fingerprint density at radius 1 is 0.958 bits per heavy atom. The van der Waals surface area contributed by atoms with Crippen LogP contribution in [0.3, 0.4) is 0 Å². The van der Waals surface area contributed by atoms with Crippen molar-refractivity contribution in [3.63, 3.8) is 0 Å². The number of sulfonamides is 1. The first-order chi connectivity index (χ1) is 11.4. The average molecular weight is 344 g/mol. The van der Waals surface area contributed by atoms with Crippen LogP contribution in [0, 0.1) is 0 Å². The molecule has 2 aromatic rings. The second kappa shape index (κ2) is 7.56. The van der Waals surface area contributed by atoms with E-state index in [9.17, 15) is 18.0 Å². The summed E-state index contributed by atoms with van der Waals surface area (Å²) in [6.45, 7) is 0. The maximum atomic E-state index is 12.0. The van der Waals surface area contributed by atoms with E-state index in [1.807, 2.05) is 4.72 Å². The Morgan fingerprint density at radius 3 is 2.17 bits per heavy atom. The van der Waals surface area contributed by atoms with Crippen LogP contribution in [0.15, 0.2) is 65.6 Å². The van der Waals surface area contributed by atoms with Crippen molar-refractivity contribution < 1.29 is 18.0 Å². The largest absolute Gasteiger partial charge is 0.355 e. The fraction of sp³-hybridized carbons (Fsp3) is 0.0588. The van der Waals surface area contributed by atoms with Gasteiger partial charge in [-0.2, -0.15) is 0 Å². The van der Waals surface area contributed by atoms with Gasteiger partial charge in [-0.1, -0.05) is 30.3 Å². The Labute approximate surface area is 140 Å². The lowest BCUT2D eigenvalue weighted by Crippen LogP contribution is -2.28. The van der Waals surface area contributed by atoms with Crippen molar-refractivity contribution in [3.8, 4) is 0 Å². The molecule has 6 nitrogen and oxygen atoms in total. The van der Waals surface area contributed by atoms with E-state index in [2.05, 4.69) is 5.32 Å². The molecule has 0 saturated heterocycles. The van der Waals surface area contributed by atoms with Gasteiger partial charge in [-0.15, -0.1) is 0 Å². The molecule has 0 aliphatic carbocycles. The molecule has 0 aromatic heterocycles. The van der Waals surface area contributed by atoms with Crippen LogP contribution < -0.4 is 10.0 Å². The molecule has 0 atom stereocenters. The highest BCUT2D eigenvalue weighted by Crippen LogP contribution is 2.08. The summed E-state index contributed by atoms with van der Waals surface area (Å²) in [6, 6.07) is 14.1. The van der Waals surface area contributed by atoms with Gasteiger partial charge in [0.1, 0.15) is 0 Å². The molecule has 2 amide bonds. The van der Waals surface area contributed by atoms with Crippen LogP contribution in [0.2, 0.25) is 0 Å². The fourth-order valence-corrected chi connectivity index (χ4v) is 2.85. The molecule has 0 saturated carbocycles. The number of rotatable bonds is 5. The van der Waals surface area contributed by atoms with Crippen LogP contribution in [-0.2, 0) is 14.8 Å². The maximum Gasteiger partial charge on any atom is 0.264 e. The molecule has 0 fully saturated rings. The molecule has 24 heavy (non-hydrogen) atoms. The van der Waals surface area contributed by atoms with Crippen molar-refractivity contribution in [2.24, 2.45) is 0 Å². The monoisotopic (exact) mass is 344 g/mol. The highest BCUT2D eigenvalue weighted by Gasteiger charge is 2.15. The van der Waals surface area contributed by atoms with E-state index >= 15 is 0 Å². The van der Waals surface area contributed by atoms with Crippen molar-refractivity contribution in [1.82, 2.24) is 10.0 Å². The van der Waals surface area contributed by atoms with Crippen molar-refractivity contribution in [2.75, 3.05) is 7.05 Å². The molecule has 0 radical (unpaired) electrons. The predicted octanol–water partition coefficient (Wildman–Crippen LogP) is 1.56. The lowest BCUT2D eigenvalue weighted by Gasteiger charge is -2.04. The van der Waals surface area contributed by atoms with Gasteiger partial charge < -0.3 is 5.32 Å². The summed E-state index contributed by atoms with van der Waals surface area (Å²) in [5, 5.41) is 2.50. The minimum atomic E-state index is -3.89. The molecule has 2 N–H and O–H groups in total. The highest BCUT2D eigenvalue weighted by molar-refractivity contribution is 7.90. The Balaban J connectivity index is 2.04. The van der Waals surface area contributed by atoms with Gasteiger partial charge >= 0.3 is 0 Å². The van der Waals surface area contributed by atoms with Crippen LogP contribution in [-0.4, -0.2) is 27.3 Å². The minimum absolute atomic E-state index is 0.0154. The number of benzene rings is 2. The maximum absolute atomic E-state index is 12.0. The number of hydrogen-bond donors (Lipinski definition) is 2. The third-order valence-corrected chi connectivity index (χ3v) is 4.48. The van der Waals surface area contributed by atoms with Crippen molar-refractivity contribution >= 4 is 27.9 Å². The van der Waals surface area contributed by atoms with Gasteiger partial charge in [0.2, 0.25) is 0 Å². The first-order valence-electron chi connectivity index (χ1n) is 7.04. The van der Waals surface area contributed by atoms with E-state index in [1.54, 1.807) is 42.5 Å². The Hall–Kier alpha value is -2.93. The van der Waals surface area contributed by atoms with E-state index in [4.69, 9.17) is 0 Å². The van der Waals surface area contributed by atoms with Crippen molar-refractivity contribution in [3.05, 3.63) is 71.8 Å². The Kier molecular flexibility index (Phi) is 5.49. The lowest BCUT2D eigenvalue weighted by atomic mass is 10.1. The smallest absolute Gasteiger partial charge is 0.264 e. The summed E-state index contributed by atoms with van der Waals surface area (Å²) in [6.07, 6.45) is 2.58. The molecular weight excluding hydrogens is 328 g/mol. The molecule has 2 rings (SSSR count). The van der Waals surface area contributed by atoms with Gasteiger partial charge in [-0.05, 0) is 35.9 Å². The normalized spacial score (nSPS) is 11.2. The van der Waals surface area contributed by atoms with Gasteiger partial charge in [-0.3, -0.25) is 9.59 Å². The standard InChI is InChI=1S/C17H16N2O4S/c1-18-17(21)14-10-7-13(8-11-14)9-12-16(20)19-24(22,23)15-5-3-2-4-6-15/h2-12H,1H3,(H,18,21)(H,19,20). The zero-order valence-corrected chi connectivity index (χ0v) is 13.7. The number of amides is 2. The van der Waals surface area contributed by atoms with Gasteiger partial charge in [0.05, 0.1) is 4.90 Å². The zero-order chi connectivity index (χ0) is 17.6. The molecule has 2 aromatic carbocycles. The highest BCUT2D eigenvalue weighted by atomic mass is 32.2. The van der Waals surface area contributed by atoms with Crippen LogP contribution in [0.5, 0.6) is 0 Å². The Bertz CT molecular complexity index is 857. The van der Waals surface area contributed by atoms with Crippen LogP contribution >= 0.6 is 0 Å². The summed E-state index contributed by atoms with van der Waals surface area (Å²) in [5.74, 6) is -0.966. The predicted molar refractivity (Wildman–Crippen MR) is 90.6 cm³/mol. The van der Waals surface area contributed by atoms with E-state index in [-0.39, 0.29) is 10.8 Å². The molecule has 0 aliphatic heterocycles. The van der Waals surface area contributed by atoms with E-state index in [0.717, 1.165) is 6.08 Å². The first-order valence-corrected chi connectivity index (χ1v) is 8.53. The van der Waals surface area contributed by atoms with Crippen molar-refractivity contribution in [2.45, 2.75) is 4.90 Å². The molecule has 0 spiro atoms. The van der Waals surface area contributed by atoms with Gasteiger partial charge in [-0.25, -0.2) is 13.1 Å². The SMILES string of the molecule is CNC(=O)c1ccc(C=CC(=O)NS(=O)(=O)c2ccccc2)cc1. The quantitative estimate of drug-likeness (QED) is 0.805. The third kappa shape index (κ3) is 4.53. The fourth-order valence-electron chi connectivity index (χ4n) is 1.89. The summed E-state index contributed by atoms with van der Waals surface area (Å²) in [4.78, 5) is 23.2. The summed E-state index contributed by atoms with van der Waals surface area (Å²) in [7, 11) is -2.35. The number of hydrogen-bond acceptors (Lipinski definition) is 4. The number of carbonyl (C=O) groups excluding carboxylic acids is 2. The second-order valence-corrected chi connectivity index (χ2v) is 6.50. The molecule has 7 heteroatoms. The summed E-state index contributed by atoms with van der Waals surface area (Å²) in [5.41, 5.74) is 1.15. The van der Waals surface area contributed by atoms with E-state index < -0.39 is 15.9 Å². The van der Waals surface area contributed by atoms with Crippen molar-refractivity contribution in [1.29, 1.82) is 0 Å². The topological polar surface area (TPSA) is 92.3 Å². The van der Waals surface area contributed by atoms with Gasteiger partial charge in [0.25, 0.3) is 21.8 Å². The molecule has 124 valence electrons. The van der Waals surface area contributed by atoms with Gasteiger partial charge in [0, 0.05) is 18.7 Å². The summed E-state index contributed by atoms with van der Waals surface area (Å²) < 4.78 is 26.0. The zero-order valence-electron chi connectivity index (χ0n) is 12.9. The van der Waals surface area contributed by atoms with E-state index in [0.29, 0.717) is 11.1 Å². The Morgan fingerprint density at radius 2 is 1.58 bits per heavy atom. The first kappa shape index (κ1) is 17.4. The molecule has 0 aliphatic rings. The average Bonchev–Trinajstić information content (AvgIpc) is 2.60. The molecule has 0 unspecified atom stereocenters. The van der Waals surface area contributed by atoms with E-state index in [1.165, 1.54) is 25.3 Å². The lowest BCUT2D eigenvalue weighted by molar-refractivity contribution is -0.114. The molecule has 0 bridgehead atoms. The third-order valence-electron chi connectivity index (χ3n) is 3.12. The van der Waals surface area contributed by atoms with Gasteiger partial charge in [0.15, 0.2) is 0 Å². The second-order valence-electron chi connectivity index (χ2n) is 4.82. The van der Waals surface area contributed by atoms with Crippen LogP contribution in [0.25, 0.3) is 6.08 Å². The molecular formula is C17H16N2O4S. The summed E-state index contributed by atoms with van der Waals surface area (Å²) >= 11 is 0. The van der Waals surface area contributed by atoms with Crippen LogP contribution in [0.1, 0.15) is 15.9 Å². The minimum Gasteiger partial charge on any atom is -0.355 e. The molecule has 0 heterocycles. The number of nitrogens with one attached hydrogen (secondary N) is 2. The number of carbonyl (C=O) groups is 2. The van der Waals surface area contributed by atoms with Crippen LogP contribution in [0.4, 0.5) is 0 Å².